The average molecular weight is 670 g/mol. The van der Waals surface area contributed by atoms with Gasteiger partial charge in [0, 0.05) is 33.3 Å². The molecule has 252 valence electrons. The van der Waals surface area contributed by atoms with Crippen molar-refractivity contribution in [1.82, 2.24) is 0 Å². The van der Waals surface area contributed by atoms with Crippen molar-refractivity contribution < 1.29 is 0 Å². The minimum absolute atomic E-state index is 0.0950. The topological polar surface area (TPSA) is 3.24 Å². The van der Waals surface area contributed by atoms with Gasteiger partial charge in [0.1, 0.15) is 0 Å². The van der Waals surface area contributed by atoms with Crippen molar-refractivity contribution in [3.8, 4) is 44.5 Å². The molecule has 3 aliphatic rings. The van der Waals surface area contributed by atoms with Gasteiger partial charge in [-0.05, 0) is 114 Å². The van der Waals surface area contributed by atoms with Crippen molar-refractivity contribution in [3.63, 3.8) is 0 Å². The molecule has 0 bridgehead atoms. The molecule has 52 heavy (non-hydrogen) atoms. The normalized spacial score (nSPS) is 16.0. The quantitative estimate of drug-likeness (QED) is 0.180. The van der Waals surface area contributed by atoms with Crippen LogP contribution < -0.4 is 4.90 Å². The summed E-state index contributed by atoms with van der Waals surface area (Å²) in [5.41, 5.74) is 22.2. The van der Waals surface area contributed by atoms with Crippen LogP contribution in [0, 0.1) is 0 Å². The number of hydrogen-bond donors (Lipinski definition) is 0. The summed E-state index contributed by atoms with van der Waals surface area (Å²) in [7, 11) is 0. The Labute approximate surface area is 308 Å². The van der Waals surface area contributed by atoms with E-state index in [1.54, 1.807) is 0 Å². The first kappa shape index (κ1) is 31.1. The summed E-state index contributed by atoms with van der Waals surface area (Å²) in [5, 5.41) is 0. The minimum Gasteiger partial charge on any atom is -0.310 e. The first-order valence-corrected chi connectivity index (χ1v) is 18.7. The maximum absolute atomic E-state index is 2.49. The molecule has 0 radical (unpaired) electrons. The Morgan fingerprint density at radius 3 is 1.27 bits per heavy atom. The summed E-state index contributed by atoms with van der Waals surface area (Å²) in [5.74, 6) is 0. The lowest BCUT2D eigenvalue weighted by atomic mass is 9.79. The number of hydrogen-bond acceptors (Lipinski definition) is 1. The summed E-state index contributed by atoms with van der Waals surface area (Å²) in [6.07, 6.45) is 0. The fourth-order valence-electron chi connectivity index (χ4n) is 10.0. The standard InChI is InChI=1S/C51H43N/c1-49(2)43-22-10-7-17-37(43)40-27-25-34(30-46(40)49)52(35-26-28-41-38-18-8-11-23-44(38)50(3,4)47(41)31-35)33-16-13-15-32(29-33)36-20-14-21-42-39-19-9-12-24-45(39)51(5,6)48(36)42/h7-31H,1-6H3. The highest BCUT2D eigenvalue weighted by Crippen LogP contribution is 2.55. The fraction of sp³-hybridized carbons (Fsp3) is 0.176. The largest absolute Gasteiger partial charge is 0.310 e. The van der Waals surface area contributed by atoms with Crippen LogP contribution in [0.5, 0.6) is 0 Å². The van der Waals surface area contributed by atoms with Crippen LogP contribution in [0.25, 0.3) is 44.5 Å². The summed E-state index contributed by atoms with van der Waals surface area (Å²) in [4.78, 5) is 2.49. The van der Waals surface area contributed by atoms with Gasteiger partial charge in [-0.25, -0.2) is 0 Å². The number of rotatable bonds is 4. The van der Waals surface area contributed by atoms with Crippen LogP contribution in [-0.4, -0.2) is 0 Å². The predicted molar refractivity (Wildman–Crippen MR) is 219 cm³/mol. The van der Waals surface area contributed by atoms with Crippen LogP contribution in [0.1, 0.15) is 74.9 Å². The molecule has 0 fully saturated rings. The predicted octanol–water partition coefficient (Wildman–Crippen LogP) is 13.7. The van der Waals surface area contributed by atoms with Gasteiger partial charge in [-0.3, -0.25) is 0 Å². The molecule has 0 aromatic heterocycles. The van der Waals surface area contributed by atoms with Crippen LogP contribution in [0.4, 0.5) is 17.1 Å². The van der Waals surface area contributed by atoms with Crippen LogP contribution >= 0.6 is 0 Å². The van der Waals surface area contributed by atoms with E-state index >= 15 is 0 Å². The Balaban J connectivity index is 1.17. The summed E-state index contributed by atoms with van der Waals surface area (Å²) >= 11 is 0. The third-order valence-electron chi connectivity index (χ3n) is 12.6. The molecule has 0 saturated heterocycles. The first-order chi connectivity index (χ1) is 25.1. The molecule has 0 heterocycles. The van der Waals surface area contributed by atoms with Crippen molar-refractivity contribution >= 4 is 17.1 Å². The lowest BCUT2D eigenvalue weighted by Gasteiger charge is -2.30. The maximum atomic E-state index is 2.49. The van der Waals surface area contributed by atoms with Gasteiger partial charge in [-0.2, -0.15) is 0 Å². The second-order valence-electron chi connectivity index (χ2n) is 16.6. The van der Waals surface area contributed by atoms with Crippen LogP contribution in [0.2, 0.25) is 0 Å². The van der Waals surface area contributed by atoms with E-state index in [-0.39, 0.29) is 16.2 Å². The van der Waals surface area contributed by atoms with Crippen LogP contribution in [-0.2, 0) is 16.2 Å². The van der Waals surface area contributed by atoms with E-state index in [1.807, 2.05) is 0 Å². The molecule has 1 heteroatoms. The molecule has 0 N–H and O–H groups in total. The monoisotopic (exact) mass is 669 g/mol. The second-order valence-corrected chi connectivity index (χ2v) is 16.6. The highest BCUT2D eigenvalue weighted by atomic mass is 15.1. The lowest BCUT2D eigenvalue weighted by Crippen LogP contribution is -2.18. The molecule has 7 aromatic carbocycles. The Hall–Kier alpha value is -5.66. The zero-order chi connectivity index (χ0) is 35.6. The van der Waals surface area contributed by atoms with Gasteiger partial charge >= 0.3 is 0 Å². The van der Waals surface area contributed by atoms with Crippen molar-refractivity contribution in [2.75, 3.05) is 4.90 Å². The zero-order valence-electron chi connectivity index (χ0n) is 30.9. The van der Waals surface area contributed by atoms with Gasteiger partial charge in [-0.15, -0.1) is 0 Å². The van der Waals surface area contributed by atoms with E-state index < -0.39 is 0 Å². The van der Waals surface area contributed by atoms with Gasteiger partial charge in [0.2, 0.25) is 0 Å². The lowest BCUT2D eigenvalue weighted by molar-refractivity contribution is 0.660. The van der Waals surface area contributed by atoms with E-state index in [1.165, 1.54) is 89.3 Å². The molecule has 0 atom stereocenters. The third kappa shape index (κ3) is 4.17. The average Bonchev–Trinajstić information content (AvgIpc) is 3.65. The molecule has 0 spiro atoms. The van der Waals surface area contributed by atoms with E-state index in [4.69, 9.17) is 0 Å². The van der Waals surface area contributed by atoms with Crippen LogP contribution in [0.3, 0.4) is 0 Å². The Kier molecular flexibility index (Phi) is 6.39. The summed E-state index contributed by atoms with van der Waals surface area (Å²) in [6, 6.07) is 57.1. The molecule has 0 unspecified atom stereocenters. The summed E-state index contributed by atoms with van der Waals surface area (Å²) < 4.78 is 0. The Morgan fingerprint density at radius 1 is 0.308 bits per heavy atom. The van der Waals surface area contributed by atoms with Gasteiger partial charge in [0.25, 0.3) is 0 Å². The molecular formula is C51H43N. The molecule has 10 rings (SSSR count). The number of anilines is 3. The minimum atomic E-state index is -0.0979. The molecule has 3 aliphatic carbocycles. The SMILES string of the molecule is CC1(C)c2ccccc2-c2ccc(N(c3cccc(-c4cccc5c4C(C)(C)c4ccccc4-5)c3)c3ccc4c(c3)C(C)(C)c3ccccc3-4)cc21. The van der Waals surface area contributed by atoms with Gasteiger partial charge in [0.05, 0.1) is 0 Å². The second kappa shape index (κ2) is 10.7. The number of nitrogens with zero attached hydrogens (tertiary/aromatic N) is 1. The number of benzene rings is 7. The maximum Gasteiger partial charge on any atom is 0.0467 e. The van der Waals surface area contributed by atoms with E-state index in [0.717, 1.165) is 5.69 Å². The Bertz CT molecular complexity index is 2510. The zero-order valence-corrected chi connectivity index (χ0v) is 30.9. The van der Waals surface area contributed by atoms with E-state index in [2.05, 4.69) is 198 Å². The molecule has 0 saturated carbocycles. The van der Waals surface area contributed by atoms with Gasteiger partial charge in [-0.1, -0.05) is 157 Å². The third-order valence-corrected chi connectivity index (χ3v) is 12.6. The summed E-state index contributed by atoms with van der Waals surface area (Å²) in [6.45, 7) is 14.3. The smallest absolute Gasteiger partial charge is 0.0467 e. The van der Waals surface area contributed by atoms with E-state index in [9.17, 15) is 0 Å². The first-order valence-electron chi connectivity index (χ1n) is 18.7. The van der Waals surface area contributed by atoms with Crippen LogP contribution in [0.15, 0.2) is 152 Å². The number of fused-ring (bicyclic) bond motifs is 9. The van der Waals surface area contributed by atoms with Crippen molar-refractivity contribution in [1.29, 1.82) is 0 Å². The molecule has 0 aliphatic heterocycles. The molecule has 7 aromatic rings. The molecular weight excluding hydrogens is 627 g/mol. The highest BCUT2D eigenvalue weighted by Gasteiger charge is 2.39. The van der Waals surface area contributed by atoms with Crippen molar-refractivity contribution in [2.45, 2.75) is 57.8 Å². The van der Waals surface area contributed by atoms with Gasteiger partial charge in [0.15, 0.2) is 0 Å². The Morgan fingerprint density at radius 2 is 0.712 bits per heavy atom. The highest BCUT2D eigenvalue weighted by molar-refractivity contribution is 5.91. The van der Waals surface area contributed by atoms with Crippen molar-refractivity contribution in [2.24, 2.45) is 0 Å². The van der Waals surface area contributed by atoms with Crippen molar-refractivity contribution in [3.05, 3.63) is 185 Å². The molecule has 1 nitrogen and oxygen atoms in total. The fourth-order valence-corrected chi connectivity index (χ4v) is 10.0. The van der Waals surface area contributed by atoms with E-state index in [0.29, 0.717) is 0 Å². The molecule has 0 amide bonds. The van der Waals surface area contributed by atoms with Gasteiger partial charge < -0.3 is 4.90 Å².